The Kier molecular flexibility index (Phi) is 4.09. The van der Waals surface area contributed by atoms with Crippen molar-refractivity contribution in [3.05, 3.63) is 61.5 Å². The van der Waals surface area contributed by atoms with Crippen molar-refractivity contribution in [2.45, 2.75) is 6.54 Å². The minimum atomic E-state index is -0.460. The molecule has 0 fully saturated rings. The number of rotatable bonds is 5. The normalized spacial score (nSPS) is 11.0. The van der Waals surface area contributed by atoms with Crippen LogP contribution in [0.4, 0.5) is 11.4 Å². The molecule has 0 saturated carbocycles. The van der Waals surface area contributed by atoms with Gasteiger partial charge in [0.1, 0.15) is 0 Å². The SMILES string of the molecule is Cn1c(=O)c2c(ncn2CCNc2cccc([N+](=O)[O-])c2)n(C)c1=O. The van der Waals surface area contributed by atoms with E-state index in [1.54, 1.807) is 23.7 Å². The van der Waals surface area contributed by atoms with Crippen LogP contribution in [0, 0.1) is 10.1 Å². The van der Waals surface area contributed by atoms with Crippen LogP contribution in [0.3, 0.4) is 0 Å². The summed E-state index contributed by atoms with van der Waals surface area (Å²) < 4.78 is 4.01. The van der Waals surface area contributed by atoms with Gasteiger partial charge in [0.05, 0.1) is 11.3 Å². The Labute approximate surface area is 141 Å². The molecular weight excluding hydrogens is 328 g/mol. The van der Waals surface area contributed by atoms with E-state index in [9.17, 15) is 19.7 Å². The van der Waals surface area contributed by atoms with Crippen LogP contribution in [0.15, 0.2) is 40.2 Å². The quantitative estimate of drug-likeness (QED) is 0.531. The van der Waals surface area contributed by atoms with Gasteiger partial charge in [-0.3, -0.25) is 24.0 Å². The number of hydrogen-bond acceptors (Lipinski definition) is 6. The van der Waals surface area contributed by atoms with Crippen molar-refractivity contribution >= 4 is 22.5 Å². The summed E-state index contributed by atoms with van der Waals surface area (Å²) in [5.41, 5.74) is 0.429. The van der Waals surface area contributed by atoms with Crippen LogP contribution < -0.4 is 16.6 Å². The summed E-state index contributed by atoms with van der Waals surface area (Å²) in [4.78, 5) is 38.7. The number of aromatic nitrogens is 4. The topological polar surface area (TPSA) is 117 Å². The van der Waals surface area contributed by atoms with Gasteiger partial charge in [-0.05, 0) is 6.07 Å². The molecule has 0 radical (unpaired) electrons. The van der Waals surface area contributed by atoms with Crippen LogP contribution in [-0.4, -0.2) is 30.2 Å². The Balaban J connectivity index is 1.83. The molecule has 0 bridgehead atoms. The first-order chi connectivity index (χ1) is 11.9. The van der Waals surface area contributed by atoms with Crippen LogP contribution in [-0.2, 0) is 20.6 Å². The highest BCUT2D eigenvalue weighted by atomic mass is 16.6. The highest BCUT2D eigenvalue weighted by Gasteiger charge is 2.14. The molecule has 25 heavy (non-hydrogen) atoms. The van der Waals surface area contributed by atoms with Gasteiger partial charge in [0, 0.05) is 45.0 Å². The molecule has 3 aromatic rings. The smallest absolute Gasteiger partial charge is 0.332 e. The Hall–Kier alpha value is -3.43. The summed E-state index contributed by atoms with van der Waals surface area (Å²) in [7, 11) is 2.98. The average molecular weight is 344 g/mol. The third-order valence-corrected chi connectivity index (χ3v) is 3.96. The zero-order valence-electron chi connectivity index (χ0n) is 13.7. The number of non-ortho nitro benzene ring substituents is 1. The number of anilines is 1. The highest BCUT2D eigenvalue weighted by Crippen LogP contribution is 2.16. The molecular formula is C15H16N6O4. The summed E-state index contributed by atoms with van der Waals surface area (Å²) in [5.74, 6) is 0. The molecule has 0 unspecified atom stereocenters. The second-order valence-corrected chi connectivity index (χ2v) is 5.55. The van der Waals surface area contributed by atoms with Gasteiger partial charge in [0.15, 0.2) is 11.2 Å². The van der Waals surface area contributed by atoms with E-state index in [4.69, 9.17) is 0 Å². The number of benzene rings is 1. The fourth-order valence-electron chi connectivity index (χ4n) is 2.62. The zero-order valence-corrected chi connectivity index (χ0v) is 13.7. The van der Waals surface area contributed by atoms with Gasteiger partial charge in [0.2, 0.25) is 0 Å². The molecule has 0 amide bonds. The molecule has 0 atom stereocenters. The van der Waals surface area contributed by atoms with E-state index in [0.29, 0.717) is 29.9 Å². The van der Waals surface area contributed by atoms with Crippen molar-refractivity contribution < 1.29 is 4.92 Å². The summed E-state index contributed by atoms with van der Waals surface area (Å²) in [6.07, 6.45) is 1.50. The van der Waals surface area contributed by atoms with E-state index in [0.717, 1.165) is 4.57 Å². The number of nitrogens with one attached hydrogen (secondary N) is 1. The van der Waals surface area contributed by atoms with E-state index in [2.05, 4.69) is 10.3 Å². The third kappa shape index (κ3) is 2.89. The van der Waals surface area contributed by atoms with Crippen LogP contribution >= 0.6 is 0 Å². The summed E-state index contributed by atoms with van der Waals surface area (Å²) >= 11 is 0. The average Bonchev–Trinajstić information content (AvgIpc) is 3.02. The maximum Gasteiger partial charge on any atom is 0.332 e. The zero-order chi connectivity index (χ0) is 18.1. The van der Waals surface area contributed by atoms with Crippen LogP contribution in [0.25, 0.3) is 11.2 Å². The number of nitro groups is 1. The molecule has 0 saturated heterocycles. The lowest BCUT2D eigenvalue weighted by Gasteiger charge is -2.08. The van der Waals surface area contributed by atoms with E-state index in [-0.39, 0.29) is 5.69 Å². The minimum Gasteiger partial charge on any atom is -0.383 e. The third-order valence-electron chi connectivity index (χ3n) is 3.96. The Morgan fingerprint density at radius 2 is 2.00 bits per heavy atom. The highest BCUT2D eigenvalue weighted by molar-refractivity contribution is 5.69. The fraction of sp³-hybridized carbons (Fsp3) is 0.267. The first-order valence-electron chi connectivity index (χ1n) is 7.49. The van der Waals surface area contributed by atoms with Crippen molar-refractivity contribution in [3.8, 4) is 0 Å². The number of fused-ring (bicyclic) bond motifs is 1. The van der Waals surface area contributed by atoms with Crippen LogP contribution in [0.5, 0.6) is 0 Å². The molecule has 0 aliphatic rings. The molecule has 130 valence electrons. The first kappa shape index (κ1) is 16.4. The monoisotopic (exact) mass is 344 g/mol. The van der Waals surface area contributed by atoms with E-state index in [1.165, 1.54) is 30.1 Å². The second kappa shape index (κ2) is 6.23. The molecule has 10 nitrogen and oxygen atoms in total. The number of nitro benzene ring substituents is 1. The molecule has 2 heterocycles. The summed E-state index contributed by atoms with van der Waals surface area (Å²) in [6, 6.07) is 6.17. The number of imidazole rings is 1. The maximum absolute atomic E-state index is 12.3. The van der Waals surface area contributed by atoms with Gasteiger partial charge in [-0.25, -0.2) is 9.78 Å². The minimum absolute atomic E-state index is 0.00181. The molecule has 0 aliphatic heterocycles. The molecule has 1 aromatic carbocycles. The lowest BCUT2D eigenvalue weighted by Crippen LogP contribution is -2.37. The number of nitrogens with zero attached hydrogens (tertiary/aromatic N) is 5. The van der Waals surface area contributed by atoms with E-state index < -0.39 is 16.2 Å². The molecule has 0 spiro atoms. The van der Waals surface area contributed by atoms with E-state index >= 15 is 0 Å². The van der Waals surface area contributed by atoms with Crippen molar-refractivity contribution in [2.75, 3.05) is 11.9 Å². The Bertz CT molecular complexity index is 1080. The predicted molar refractivity (Wildman–Crippen MR) is 91.8 cm³/mol. The molecule has 2 aromatic heterocycles. The first-order valence-corrected chi connectivity index (χ1v) is 7.49. The summed E-state index contributed by atoms with van der Waals surface area (Å²) in [6.45, 7) is 0.839. The van der Waals surface area contributed by atoms with Gasteiger partial charge < -0.3 is 9.88 Å². The lowest BCUT2D eigenvalue weighted by atomic mass is 10.3. The number of hydrogen-bond donors (Lipinski definition) is 1. The maximum atomic E-state index is 12.3. The fourth-order valence-corrected chi connectivity index (χ4v) is 2.62. The molecule has 0 aliphatic carbocycles. The number of aryl methyl sites for hydroxylation is 1. The van der Waals surface area contributed by atoms with Gasteiger partial charge in [-0.15, -0.1) is 0 Å². The lowest BCUT2D eigenvalue weighted by molar-refractivity contribution is -0.384. The van der Waals surface area contributed by atoms with E-state index in [1.807, 2.05) is 0 Å². The van der Waals surface area contributed by atoms with Crippen molar-refractivity contribution in [1.82, 2.24) is 18.7 Å². The Morgan fingerprint density at radius 1 is 1.24 bits per heavy atom. The van der Waals surface area contributed by atoms with Crippen molar-refractivity contribution in [2.24, 2.45) is 14.1 Å². The molecule has 10 heteroatoms. The van der Waals surface area contributed by atoms with Gasteiger partial charge in [-0.1, -0.05) is 6.07 Å². The van der Waals surface area contributed by atoms with Crippen LogP contribution in [0.2, 0.25) is 0 Å². The van der Waals surface area contributed by atoms with Gasteiger partial charge in [0.25, 0.3) is 11.2 Å². The molecule has 3 rings (SSSR count). The van der Waals surface area contributed by atoms with Crippen LogP contribution in [0.1, 0.15) is 0 Å². The summed E-state index contributed by atoms with van der Waals surface area (Å²) in [5, 5.41) is 13.9. The predicted octanol–water partition coefficient (Wildman–Crippen LogP) is 0.454. The second-order valence-electron chi connectivity index (χ2n) is 5.55. The Morgan fingerprint density at radius 3 is 2.72 bits per heavy atom. The van der Waals surface area contributed by atoms with Gasteiger partial charge in [-0.2, -0.15) is 0 Å². The largest absolute Gasteiger partial charge is 0.383 e. The van der Waals surface area contributed by atoms with Gasteiger partial charge >= 0.3 is 5.69 Å². The standard InChI is InChI=1S/C15H16N6O4/c1-18-13-12(14(22)19(2)15(18)23)20(9-17-13)7-6-16-10-4-3-5-11(8-10)21(24)25/h3-5,8-9,16H,6-7H2,1-2H3. The molecule has 1 N–H and O–H groups in total. The van der Waals surface area contributed by atoms with Crippen molar-refractivity contribution in [3.63, 3.8) is 0 Å². The van der Waals surface area contributed by atoms with Crippen molar-refractivity contribution in [1.29, 1.82) is 0 Å².